The van der Waals surface area contributed by atoms with Crippen LogP contribution >= 0.6 is 0 Å². The summed E-state index contributed by atoms with van der Waals surface area (Å²) in [5, 5.41) is 1.12. The van der Waals surface area contributed by atoms with Gasteiger partial charge in [0.15, 0.2) is 5.78 Å². The number of unbranched alkanes of at least 4 members (excludes halogenated alkanes) is 3. The van der Waals surface area contributed by atoms with E-state index in [2.05, 4.69) is 24.1 Å². The van der Waals surface area contributed by atoms with E-state index in [0.717, 1.165) is 42.6 Å². The molecule has 2 aliphatic rings. The smallest absolute Gasteiger partial charge is 0.193 e. The Balaban J connectivity index is 1.31. The Morgan fingerprint density at radius 1 is 1.00 bits per heavy atom. The summed E-state index contributed by atoms with van der Waals surface area (Å²) in [5.41, 5.74) is 3.70. The molecule has 0 spiro atoms. The molecule has 0 radical (unpaired) electrons. The van der Waals surface area contributed by atoms with Gasteiger partial charge in [0.05, 0.1) is 12.1 Å². The summed E-state index contributed by atoms with van der Waals surface area (Å²) in [4.78, 5) is 16.0. The highest BCUT2D eigenvalue weighted by Gasteiger charge is 2.32. The van der Waals surface area contributed by atoms with Gasteiger partial charge in [-0.3, -0.25) is 9.47 Å². The Morgan fingerprint density at radius 3 is 2.66 bits per heavy atom. The van der Waals surface area contributed by atoms with Gasteiger partial charge in [0.25, 0.3) is 0 Å². The Bertz CT molecular complexity index is 1150. The van der Waals surface area contributed by atoms with Crippen molar-refractivity contribution < 1.29 is 9.53 Å². The molecular formula is C30H39N3O2. The topological polar surface area (TPSA) is 60.5 Å². The van der Waals surface area contributed by atoms with Crippen molar-refractivity contribution >= 4 is 16.7 Å². The summed E-state index contributed by atoms with van der Waals surface area (Å²) in [5.74, 6) is 7.71. The third-order valence-electron chi connectivity index (χ3n) is 8.02. The van der Waals surface area contributed by atoms with Crippen LogP contribution in [0.2, 0.25) is 0 Å². The SMILES string of the molecule is CCCCCCOc1ccc(C(=O)c2ccc3c(c2)c(C2CCN4CCCCC4C2)cn3N)cc1. The molecule has 0 saturated carbocycles. The zero-order chi connectivity index (χ0) is 24.2. The highest BCUT2D eigenvalue weighted by molar-refractivity contribution is 6.10. The third kappa shape index (κ3) is 5.25. The summed E-state index contributed by atoms with van der Waals surface area (Å²) in [6.45, 7) is 5.35. The number of ketones is 1. The zero-order valence-electron chi connectivity index (χ0n) is 21.0. The molecule has 3 heterocycles. The van der Waals surface area contributed by atoms with Crippen LogP contribution in [0.4, 0.5) is 0 Å². The molecule has 5 heteroatoms. The van der Waals surface area contributed by atoms with Gasteiger partial charge in [-0.2, -0.15) is 0 Å². The van der Waals surface area contributed by atoms with E-state index in [1.165, 1.54) is 57.1 Å². The molecule has 5 rings (SSSR count). The highest BCUT2D eigenvalue weighted by atomic mass is 16.5. The lowest BCUT2D eigenvalue weighted by atomic mass is 9.82. The van der Waals surface area contributed by atoms with Gasteiger partial charge < -0.3 is 15.5 Å². The number of aromatic nitrogens is 1. The van der Waals surface area contributed by atoms with Crippen LogP contribution in [0.25, 0.3) is 10.9 Å². The Morgan fingerprint density at radius 2 is 1.83 bits per heavy atom. The number of hydrogen-bond acceptors (Lipinski definition) is 4. The molecule has 2 aliphatic heterocycles. The maximum Gasteiger partial charge on any atom is 0.193 e. The molecular weight excluding hydrogens is 434 g/mol. The average Bonchev–Trinajstić information content (AvgIpc) is 3.24. The Labute approximate surface area is 209 Å². The van der Waals surface area contributed by atoms with E-state index >= 15 is 0 Å². The lowest BCUT2D eigenvalue weighted by molar-refractivity contribution is 0.0977. The summed E-state index contributed by atoms with van der Waals surface area (Å²) in [7, 11) is 0. The lowest BCUT2D eigenvalue weighted by Gasteiger charge is -2.42. The van der Waals surface area contributed by atoms with Gasteiger partial charge in [-0.1, -0.05) is 32.6 Å². The number of nitrogens with two attached hydrogens (primary N) is 1. The van der Waals surface area contributed by atoms with Crippen LogP contribution in [-0.2, 0) is 0 Å². The molecule has 1 aromatic heterocycles. The van der Waals surface area contributed by atoms with E-state index in [1.807, 2.05) is 36.4 Å². The molecule has 2 N–H and O–H groups in total. The van der Waals surface area contributed by atoms with Crippen molar-refractivity contribution in [3.63, 3.8) is 0 Å². The fraction of sp³-hybridized carbons (Fsp3) is 0.500. The number of carbonyl (C=O) groups excluding carboxylic acids is 1. The quantitative estimate of drug-likeness (QED) is 0.226. The van der Waals surface area contributed by atoms with Gasteiger partial charge >= 0.3 is 0 Å². The second kappa shape index (κ2) is 10.9. The molecule has 3 aromatic rings. The number of ether oxygens (including phenoxy) is 1. The van der Waals surface area contributed by atoms with Crippen LogP contribution < -0.4 is 10.6 Å². The standard InChI is InChI=1S/C30H39N3O2/c1-2-3-4-7-18-35-26-12-9-22(10-13-26)30(34)24-11-14-29-27(20-24)28(21-33(29)31)23-15-17-32-16-6-5-8-25(32)19-23/h9-14,20-21,23,25H,2-8,15-19,31H2,1H3. The Hall–Kier alpha value is -2.79. The largest absolute Gasteiger partial charge is 0.494 e. The maximum absolute atomic E-state index is 13.3. The summed E-state index contributed by atoms with van der Waals surface area (Å²) in [6.07, 6.45) is 13.2. The van der Waals surface area contributed by atoms with Crippen LogP contribution in [0.3, 0.4) is 0 Å². The van der Waals surface area contributed by atoms with Gasteiger partial charge in [0.2, 0.25) is 0 Å². The van der Waals surface area contributed by atoms with Crippen molar-refractivity contribution in [3.8, 4) is 5.75 Å². The first kappa shape index (κ1) is 23.9. The van der Waals surface area contributed by atoms with Crippen molar-refractivity contribution in [2.24, 2.45) is 0 Å². The maximum atomic E-state index is 13.3. The fourth-order valence-electron chi connectivity index (χ4n) is 6.01. The minimum atomic E-state index is 0.0409. The van der Waals surface area contributed by atoms with E-state index in [0.29, 0.717) is 23.1 Å². The van der Waals surface area contributed by atoms with Gasteiger partial charge in [0, 0.05) is 28.8 Å². The molecule has 0 amide bonds. The van der Waals surface area contributed by atoms with Crippen LogP contribution in [0.15, 0.2) is 48.7 Å². The molecule has 2 fully saturated rings. The summed E-state index contributed by atoms with van der Waals surface area (Å²) in [6, 6.07) is 14.2. The van der Waals surface area contributed by atoms with Crippen molar-refractivity contribution in [2.75, 3.05) is 25.5 Å². The summed E-state index contributed by atoms with van der Waals surface area (Å²) >= 11 is 0. The molecule has 2 saturated heterocycles. The van der Waals surface area contributed by atoms with Crippen LogP contribution in [-0.4, -0.2) is 41.1 Å². The van der Waals surface area contributed by atoms with Gasteiger partial charge in [-0.25, -0.2) is 0 Å². The van der Waals surface area contributed by atoms with Crippen molar-refractivity contribution in [3.05, 3.63) is 65.4 Å². The number of carbonyl (C=O) groups is 1. The molecule has 0 bridgehead atoms. The van der Waals surface area contributed by atoms with E-state index in [1.54, 1.807) is 4.68 Å². The van der Waals surface area contributed by atoms with E-state index in [4.69, 9.17) is 10.6 Å². The number of hydrogen-bond donors (Lipinski definition) is 1. The number of benzene rings is 2. The van der Waals surface area contributed by atoms with Crippen LogP contribution in [0.5, 0.6) is 5.75 Å². The Kier molecular flexibility index (Phi) is 7.43. The van der Waals surface area contributed by atoms with E-state index in [9.17, 15) is 4.79 Å². The van der Waals surface area contributed by atoms with Crippen molar-refractivity contribution in [1.82, 2.24) is 9.58 Å². The molecule has 0 aliphatic carbocycles. The minimum absolute atomic E-state index is 0.0409. The van der Waals surface area contributed by atoms with E-state index in [-0.39, 0.29) is 5.78 Å². The van der Waals surface area contributed by atoms with Crippen LogP contribution in [0.1, 0.15) is 92.1 Å². The predicted octanol–water partition coefficient (Wildman–Crippen LogP) is 6.28. The molecule has 2 atom stereocenters. The number of rotatable bonds is 9. The number of nitrogen functional groups attached to an aromatic ring is 1. The van der Waals surface area contributed by atoms with Gasteiger partial charge in [-0.15, -0.1) is 0 Å². The zero-order valence-corrected chi connectivity index (χ0v) is 21.0. The van der Waals surface area contributed by atoms with Crippen molar-refractivity contribution in [2.45, 2.75) is 76.7 Å². The van der Waals surface area contributed by atoms with Crippen LogP contribution in [0, 0.1) is 0 Å². The number of nitrogens with zero attached hydrogens (tertiary/aromatic N) is 2. The predicted molar refractivity (Wildman–Crippen MR) is 143 cm³/mol. The summed E-state index contributed by atoms with van der Waals surface area (Å²) < 4.78 is 7.58. The highest BCUT2D eigenvalue weighted by Crippen LogP contribution is 2.39. The third-order valence-corrected chi connectivity index (χ3v) is 8.02. The molecule has 2 unspecified atom stereocenters. The second-order valence-electron chi connectivity index (χ2n) is 10.4. The minimum Gasteiger partial charge on any atom is -0.494 e. The first-order valence-electron chi connectivity index (χ1n) is 13.6. The monoisotopic (exact) mass is 473 g/mol. The average molecular weight is 474 g/mol. The molecule has 35 heavy (non-hydrogen) atoms. The molecule has 5 nitrogen and oxygen atoms in total. The fourth-order valence-corrected chi connectivity index (χ4v) is 6.01. The number of fused-ring (bicyclic) bond motifs is 2. The lowest BCUT2D eigenvalue weighted by Crippen LogP contribution is -2.44. The normalized spacial score (nSPS) is 20.6. The number of piperidine rings is 2. The van der Waals surface area contributed by atoms with Crippen molar-refractivity contribution in [1.29, 1.82) is 0 Å². The van der Waals surface area contributed by atoms with Gasteiger partial charge in [-0.05, 0) is 99.1 Å². The van der Waals surface area contributed by atoms with Gasteiger partial charge in [0.1, 0.15) is 5.75 Å². The molecule has 186 valence electrons. The molecule has 2 aromatic carbocycles. The first-order chi connectivity index (χ1) is 17.1. The van der Waals surface area contributed by atoms with E-state index < -0.39 is 0 Å². The first-order valence-corrected chi connectivity index (χ1v) is 13.6. The second-order valence-corrected chi connectivity index (χ2v) is 10.4.